The monoisotopic (exact) mass is 225 g/mol. The van der Waals surface area contributed by atoms with Crippen molar-refractivity contribution in [2.75, 3.05) is 6.54 Å². The highest BCUT2D eigenvalue weighted by Gasteiger charge is 2.27. The maximum atomic E-state index is 3.62. The average molecular weight is 225 g/mol. The van der Waals surface area contributed by atoms with Gasteiger partial charge in [-0.05, 0) is 37.1 Å². The van der Waals surface area contributed by atoms with E-state index in [9.17, 15) is 0 Å². The highest BCUT2D eigenvalue weighted by atomic mass is 14.9. The van der Waals surface area contributed by atoms with Gasteiger partial charge in [0, 0.05) is 6.04 Å². The van der Waals surface area contributed by atoms with E-state index in [0.29, 0.717) is 6.04 Å². The van der Waals surface area contributed by atoms with Crippen molar-refractivity contribution < 1.29 is 0 Å². The van der Waals surface area contributed by atoms with Crippen molar-refractivity contribution in [3.63, 3.8) is 0 Å². The Hall–Kier alpha value is -0.0400. The zero-order valence-corrected chi connectivity index (χ0v) is 11.8. The van der Waals surface area contributed by atoms with Gasteiger partial charge in [-0.2, -0.15) is 0 Å². The zero-order valence-electron chi connectivity index (χ0n) is 11.8. The van der Waals surface area contributed by atoms with Gasteiger partial charge < -0.3 is 5.32 Å². The fourth-order valence-corrected chi connectivity index (χ4v) is 3.21. The second kappa shape index (κ2) is 7.32. The quantitative estimate of drug-likeness (QED) is 0.684. The fourth-order valence-electron chi connectivity index (χ4n) is 3.21. The summed E-state index contributed by atoms with van der Waals surface area (Å²) in [4.78, 5) is 0. The molecule has 16 heavy (non-hydrogen) atoms. The highest BCUT2D eigenvalue weighted by molar-refractivity contribution is 4.80. The molecule has 1 nitrogen and oxygen atoms in total. The molecule has 1 fully saturated rings. The van der Waals surface area contributed by atoms with Crippen LogP contribution in [0.2, 0.25) is 0 Å². The molecular formula is C15H31N. The van der Waals surface area contributed by atoms with E-state index in [1.807, 2.05) is 0 Å². The van der Waals surface area contributed by atoms with E-state index in [2.05, 4.69) is 33.0 Å². The average Bonchev–Trinajstić information content (AvgIpc) is 2.62. The van der Waals surface area contributed by atoms with Crippen LogP contribution in [0.25, 0.3) is 0 Å². The molecular weight excluding hydrogens is 194 g/mol. The lowest BCUT2D eigenvalue weighted by atomic mass is 9.85. The van der Waals surface area contributed by atoms with Gasteiger partial charge in [-0.15, -0.1) is 0 Å². The Balaban J connectivity index is 2.28. The molecule has 1 aliphatic carbocycles. The van der Waals surface area contributed by atoms with Crippen LogP contribution in [0.15, 0.2) is 0 Å². The predicted molar refractivity (Wildman–Crippen MR) is 72.7 cm³/mol. The zero-order chi connectivity index (χ0) is 12.0. The summed E-state index contributed by atoms with van der Waals surface area (Å²) in [5.74, 6) is 2.91. The van der Waals surface area contributed by atoms with Crippen molar-refractivity contribution in [1.82, 2.24) is 5.32 Å². The summed E-state index contributed by atoms with van der Waals surface area (Å²) in [7, 11) is 0. The summed E-state index contributed by atoms with van der Waals surface area (Å²) in [6.07, 6.45) is 8.65. The third kappa shape index (κ3) is 4.86. The van der Waals surface area contributed by atoms with E-state index in [-0.39, 0.29) is 0 Å². The summed E-state index contributed by atoms with van der Waals surface area (Å²) in [5.41, 5.74) is 0. The maximum Gasteiger partial charge on any atom is 0.00104 e. The van der Waals surface area contributed by atoms with E-state index in [1.165, 1.54) is 45.1 Å². The number of rotatable bonds is 7. The van der Waals surface area contributed by atoms with Crippen LogP contribution < -0.4 is 5.32 Å². The summed E-state index contributed by atoms with van der Waals surface area (Å²) in [5, 5.41) is 3.62. The first-order valence-corrected chi connectivity index (χ1v) is 7.36. The molecule has 0 heterocycles. The second-order valence-corrected chi connectivity index (χ2v) is 6.14. The molecule has 1 rings (SSSR count). The van der Waals surface area contributed by atoms with Crippen molar-refractivity contribution >= 4 is 0 Å². The third-order valence-corrected chi connectivity index (χ3v) is 4.09. The van der Waals surface area contributed by atoms with Gasteiger partial charge in [0.15, 0.2) is 0 Å². The van der Waals surface area contributed by atoms with Crippen LogP contribution >= 0.6 is 0 Å². The molecule has 96 valence electrons. The first-order valence-electron chi connectivity index (χ1n) is 7.36. The summed E-state index contributed by atoms with van der Waals surface area (Å²) in [6, 6.07) is 0.648. The molecule has 0 aliphatic heterocycles. The predicted octanol–water partition coefficient (Wildman–Crippen LogP) is 4.23. The van der Waals surface area contributed by atoms with E-state index < -0.39 is 0 Å². The molecule has 1 heteroatoms. The van der Waals surface area contributed by atoms with Crippen molar-refractivity contribution in [1.29, 1.82) is 0 Å². The largest absolute Gasteiger partial charge is 0.314 e. The molecule has 3 unspecified atom stereocenters. The maximum absolute atomic E-state index is 3.62. The highest BCUT2D eigenvalue weighted by Crippen LogP contribution is 2.36. The van der Waals surface area contributed by atoms with Crippen LogP contribution in [0, 0.1) is 17.8 Å². The smallest absolute Gasteiger partial charge is 0.00104 e. The van der Waals surface area contributed by atoms with Crippen LogP contribution in [0.5, 0.6) is 0 Å². The van der Waals surface area contributed by atoms with Gasteiger partial charge in [0.05, 0.1) is 0 Å². The van der Waals surface area contributed by atoms with Gasteiger partial charge in [-0.1, -0.05) is 53.4 Å². The molecule has 1 saturated carbocycles. The molecule has 0 saturated heterocycles. The van der Waals surface area contributed by atoms with E-state index in [4.69, 9.17) is 0 Å². The van der Waals surface area contributed by atoms with E-state index >= 15 is 0 Å². The van der Waals surface area contributed by atoms with Crippen LogP contribution in [0.1, 0.15) is 66.2 Å². The molecule has 0 aromatic carbocycles. The molecule has 1 N–H and O–H groups in total. The van der Waals surface area contributed by atoms with Gasteiger partial charge in [-0.3, -0.25) is 0 Å². The van der Waals surface area contributed by atoms with Crippen molar-refractivity contribution in [2.45, 2.75) is 72.3 Å². The Morgan fingerprint density at radius 3 is 2.44 bits per heavy atom. The second-order valence-electron chi connectivity index (χ2n) is 6.14. The SMILES string of the molecule is CCCC(C)CC1CCCC1CNC(C)C. The van der Waals surface area contributed by atoms with Gasteiger partial charge in [0.2, 0.25) is 0 Å². The van der Waals surface area contributed by atoms with Crippen molar-refractivity contribution in [2.24, 2.45) is 17.8 Å². The van der Waals surface area contributed by atoms with Crippen LogP contribution in [-0.2, 0) is 0 Å². The minimum atomic E-state index is 0.648. The number of hydrogen-bond donors (Lipinski definition) is 1. The minimum absolute atomic E-state index is 0.648. The normalized spacial score (nSPS) is 27.6. The van der Waals surface area contributed by atoms with Gasteiger partial charge in [0.25, 0.3) is 0 Å². The molecule has 0 aromatic heterocycles. The summed E-state index contributed by atoms with van der Waals surface area (Å²) < 4.78 is 0. The molecule has 0 amide bonds. The van der Waals surface area contributed by atoms with Gasteiger partial charge in [-0.25, -0.2) is 0 Å². The Kier molecular flexibility index (Phi) is 6.41. The van der Waals surface area contributed by atoms with Gasteiger partial charge >= 0.3 is 0 Å². The Bertz CT molecular complexity index is 176. The van der Waals surface area contributed by atoms with Crippen molar-refractivity contribution in [3.8, 4) is 0 Å². The first-order chi connectivity index (χ1) is 7.63. The lowest BCUT2D eigenvalue weighted by Crippen LogP contribution is -2.31. The van der Waals surface area contributed by atoms with E-state index in [0.717, 1.165) is 17.8 Å². The van der Waals surface area contributed by atoms with Gasteiger partial charge in [0.1, 0.15) is 0 Å². The Labute approximate surface area is 102 Å². The summed E-state index contributed by atoms with van der Waals surface area (Å²) in [6.45, 7) is 10.5. The minimum Gasteiger partial charge on any atom is -0.314 e. The van der Waals surface area contributed by atoms with Crippen LogP contribution in [-0.4, -0.2) is 12.6 Å². The molecule has 3 atom stereocenters. The molecule has 0 spiro atoms. The lowest BCUT2D eigenvalue weighted by molar-refractivity contribution is 0.290. The van der Waals surface area contributed by atoms with E-state index in [1.54, 1.807) is 0 Å². The number of nitrogens with one attached hydrogen (secondary N) is 1. The molecule has 0 radical (unpaired) electrons. The Morgan fingerprint density at radius 2 is 1.81 bits per heavy atom. The van der Waals surface area contributed by atoms with Crippen molar-refractivity contribution in [3.05, 3.63) is 0 Å². The first kappa shape index (κ1) is 14.0. The topological polar surface area (TPSA) is 12.0 Å². The summed E-state index contributed by atoms with van der Waals surface area (Å²) >= 11 is 0. The fraction of sp³-hybridized carbons (Fsp3) is 1.00. The molecule has 0 aromatic rings. The number of hydrogen-bond acceptors (Lipinski definition) is 1. The molecule has 0 bridgehead atoms. The van der Waals surface area contributed by atoms with Crippen LogP contribution in [0.4, 0.5) is 0 Å². The van der Waals surface area contributed by atoms with Crippen LogP contribution in [0.3, 0.4) is 0 Å². The molecule has 1 aliphatic rings. The standard InChI is InChI=1S/C15H31N/c1-5-7-13(4)10-14-8-6-9-15(14)11-16-12(2)3/h12-16H,5-11H2,1-4H3. The lowest BCUT2D eigenvalue weighted by Gasteiger charge is -2.24. The third-order valence-electron chi connectivity index (χ3n) is 4.09. The Morgan fingerprint density at radius 1 is 1.12 bits per heavy atom.